The minimum Gasteiger partial charge on any atom is -0.0843 e. The summed E-state index contributed by atoms with van der Waals surface area (Å²) < 4.78 is 0. The maximum Gasteiger partial charge on any atom is 0.0411 e. The van der Waals surface area contributed by atoms with Crippen molar-refractivity contribution in [2.24, 2.45) is 5.92 Å². The SMILES string of the molecule is CC(C)C=Cc1cccc(Cl)c1. The van der Waals surface area contributed by atoms with Crippen LogP contribution in [0.5, 0.6) is 0 Å². The van der Waals surface area contributed by atoms with E-state index in [2.05, 4.69) is 26.0 Å². The van der Waals surface area contributed by atoms with Gasteiger partial charge in [0.2, 0.25) is 0 Å². The van der Waals surface area contributed by atoms with Crippen LogP contribution in [-0.2, 0) is 0 Å². The second kappa shape index (κ2) is 4.32. The van der Waals surface area contributed by atoms with Crippen LogP contribution in [0.1, 0.15) is 19.4 Å². The number of allylic oxidation sites excluding steroid dienone is 1. The molecule has 64 valence electrons. The van der Waals surface area contributed by atoms with Crippen molar-refractivity contribution in [2.75, 3.05) is 0 Å². The van der Waals surface area contributed by atoms with E-state index in [1.807, 2.05) is 24.3 Å². The predicted octanol–water partition coefficient (Wildman–Crippen LogP) is 4.01. The van der Waals surface area contributed by atoms with Crippen LogP contribution in [0.4, 0.5) is 0 Å². The van der Waals surface area contributed by atoms with Gasteiger partial charge in [-0.25, -0.2) is 0 Å². The van der Waals surface area contributed by atoms with Crippen LogP contribution in [0.2, 0.25) is 5.02 Å². The molecule has 1 heteroatoms. The first-order valence-corrected chi connectivity index (χ1v) is 4.50. The molecule has 0 atom stereocenters. The summed E-state index contributed by atoms with van der Waals surface area (Å²) in [6, 6.07) is 7.85. The van der Waals surface area contributed by atoms with E-state index < -0.39 is 0 Å². The third-order valence-corrected chi connectivity index (χ3v) is 1.76. The lowest BCUT2D eigenvalue weighted by molar-refractivity contribution is 0.836. The highest BCUT2D eigenvalue weighted by Crippen LogP contribution is 2.12. The van der Waals surface area contributed by atoms with Gasteiger partial charge in [0, 0.05) is 5.02 Å². The molecule has 0 N–H and O–H groups in total. The van der Waals surface area contributed by atoms with E-state index in [1.165, 1.54) is 0 Å². The van der Waals surface area contributed by atoms with Crippen molar-refractivity contribution < 1.29 is 0 Å². The molecule has 0 aromatic heterocycles. The van der Waals surface area contributed by atoms with Crippen LogP contribution < -0.4 is 0 Å². The predicted molar refractivity (Wildman–Crippen MR) is 55.3 cm³/mol. The summed E-state index contributed by atoms with van der Waals surface area (Å²) in [5.74, 6) is 0.587. The zero-order valence-corrected chi connectivity index (χ0v) is 8.18. The lowest BCUT2D eigenvalue weighted by Crippen LogP contribution is -1.77. The molecule has 0 saturated heterocycles. The zero-order chi connectivity index (χ0) is 8.97. The maximum absolute atomic E-state index is 5.83. The Morgan fingerprint density at radius 3 is 2.67 bits per heavy atom. The normalized spacial score (nSPS) is 11.3. The van der Waals surface area contributed by atoms with Crippen LogP contribution >= 0.6 is 11.6 Å². The average Bonchev–Trinajstić information content (AvgIpc) is 2.01. The quantitative estimate of drug-likeness (QED) is 0.645. The van der Waals surface area contributed by atoms with Gasteiger partial charge in [-0.05, 0) is 23.6 Å². The molecule has 12 heavy (non-hydrogen) atoms. The molecule has 0 aliphatic heterocycles. The second-order valence-corrected chi connectivity index (χ2v) is 3.59. The van der Waals surface area contributed by atoms with E-state index >= 15 is 0 Å². The maximum atomic E-state index is 5.83. The fourth-order valence-corrected chi connectivity index (χ4v) is 1.11. The van der Waals surface area contributed by atoms with Crippen LogP contribution in [0.25, 0.3) is 6.08 Å². The fraction of sp³-hybridized carbons (Fsp3) is 0.273. The first-order chi connectivity index (χ1) is 5.68. The van der Waals surface area contributed by atoms with Crippen LogP contribution in [0, 0.1) is 5.92 Å². The van der Waals surface area contributed by atoms with Crippen LogP contribution in [0.3, 0.4) is 0 Å². The highest BCUT2D eigenvalue weighted by Gasteiger charge is 1.89. The Hall–Kier alpha value is -0.750. The molecule has 0 spiro atoms. The highest BCUT2D eigenvalue weighted by atomic mass is 35.5. The van der Waals surface area contributed by atoms with E-state index in [1.54, 1.807) is 0 Å². The standard InChI is InChI=1S/C11H13Cl/c1-9(2)6-7-10-4-3-5-11(12)8-10/h3-9H,1-2H3. The van der Waals surface area contributed by atoms with Gasteiger partial charge in [0.05, 0.1) is 0 Å². The van der Waals surface area contributed by atoms with Gasteiger partial charge < -0.3 is 0 Å². The van der Waals surface area contributed by atoms with Gasteiger partial charge in [-0.15, -0.1) is 0 Å². The molecule has 0 heterocycles. The molecule has 0 aliphatic rings. The molecular formula is C11H13Cl. The topological polar surface area (TPSA) is 0 Å². The Morgan fingerprint density at radius 1 is 1.33 bits per heavy atom. The lowest BCUT2D eigenvalue weighted by atomic mass is 10.1. The van der Waals surface area contributed by atoms with Gasteiger partial charge in [-0.2, -0.15) is 0 Å². The summed E-state index contributed by atoms with van der Waals surface area (Å²) in [4.78, 5) is 0. The number of hydrogen-bond donors (Lipinski definition) is 0. The van der Waals surface area contributed by atoms with Crippen molar-refractivity contribution in [3.05, 3.63) is 40.9 Å². The van der Waals surface area contributed by atoms with Gasteiger partial charge in [0.15, 0.2) is 0 Å². The highest BCUT2D eigenvalue weighted by molar-refractivity contribution is 6.30. The molecular weight excluding hydrogens is 168 g/mol. The van der Waals surface area contributed by atoms with Gasteiger partial charge in [0.1, 0.15) is 0 Å². The van der Waals surface area contributed by atoms with Crippen molar-refractivity contribution in [3.8, 4) is 0 Å². The Balaban J connectivity index is 2.76. The van der Waals surface area contributed by atoms with E-state index in [-0.39, 0.29) is 0 Å². The number of halogens is 1. The van der Waals surface area contributed by atoms with Crippen molar-refractivity contribution in [3.63, 3.8) is 0 Å². The Kier molecular flexibility index (Phi) is 3.36. The van der Waals surface area contributed by atoms with Crippen LogP contribution in [-0.4, -0.2) is 0 Å². The van der Waals surface area contributed by atoms with E-state index in [0.29, 0.717) is 5.92 Å². The molecule has 0 saturated carbocycles. The van der Waals surface area contributed by atoms with E-state index in [4.69, 9.17) is 11.6 Å². The van der Waals surface area contributed by atoms with Crippen LogP contribution in [0.15, 0.2) is 30.3 Å². The van der Waals surface area contributed by atoms with E-state index in [0.717, 1.165) is 10.6 Å². The monoisotopic (exact) mass is 180 g/mol. The molecule has 1 aromatic rings. The number of benzene rings is 1. The zero-order valence-electron chi connectivity index (χ0n) is 7.42. The molecule has 1 rings (SSSR count). The summed E-state index contributed by atoms with van der Waals surface area (Å²) in [7, 11) is 0. The molecule has 0 fully saturated rings. The summed E-state index contributed by atoms with van der Waals surface area (Å²) in [6.45, 7) is 4.31. The van der Waals surface area contributed by atoms with Gasteiger partial charge in [-0.3, -0.25) is 0 Å². The second-order valence-electron chi connectivity index (χ2n) is 3.16. The van der Waals surface area contributed by atoms with Gasteiger partial charge >= 0.3 is 0 Å². The molecule has 0 bridgehead atoms. The number of rotatable bonds is 2. The minimum absolute atomic E-state index is 0.587. The molecule has 1 aromatic carbocycles. The molecule has 0 amide bonds. The first-order valence-electron chi connectivity index (χ1n) is 4.12. The number of hydrogen-bond acceptors (Lipinski definition) is 0. The van der Waals surface area contributed by atoms with Crippen molar-refractivity contribution >= 4 is 17.7 Å². The molecule has 0 aliphatic carbocycles. The summed E-state index contributed by atoms with van der Waals surface area (Å²) in [6.07, 6.45) is 4.25. The summed E-state index contributed by atoms with van der Waals surface area (Å²) in [5, 5.41) is 0.793. The Labute approximate surface area is 78.9 Å². The Bertz CT molecular complexity index is 274. The first kappa shape index (κ1) is 9.34. The summed E-state index contributed by atoms with van der Waals surface area (Å²) >= 11 is 5.83. The van der Waals surface area contributed by atoms with Crippen molar-refractivity contribution in [2.45, 2.75) is 13.8 Å². The fourth-order valence-electron chi connectivity index (χ4n) is 0.914. The summed E-state index contributed by atoms with van der Waals surface area (Å²) in [5.41, 5.74) is 1.16. The third-order valence-electron chi connectivity index (χ3n) is 1.52. The third kappa shape index (κ3) is 3.10. The molecule has 0 unspecified atom stereocenters. The van der Waals surface area contributed by atoms with Gasteiger partial charge in [-0.1, -0.05) is 49.7 Å². The lowest BCUT2D eigenvalue weighted by Gasteiger charge is -1.95. The van der Waals surface area contributed by atoms with Crippen molar-refractivity contribution in [1.82, 2.24) is 0 Å². The molecule has 0 nitrogen and oxygen atoms in total. The van der Waals surface area contributed by atoms with Crippen molar-refractivity contribution in [1.29, 1.82) is 0 Å². The van der Waals surface area contributed by atoms with Gasteiger partial charge in [0.25, 0.3) is 0 Å². The smallest absolute Gasteiger partial charge is 0.0411 e. The largest absolute Gasteiger partial charge is 0.0843 e. The van der Waals surface area contributed by atoms with E-state index in [9.17, 15) is 0 Å². The molecule has 0 radical (unpaired) electrons. The Morgan fingerprint density at radius 2 is 2.08 bits per heavy atom. The average molecular weight is 181 g/mol. The minimum atomic E-state index is 0.587.